The van der Waals surface area contributed by atoms with E-state index in [2.05, 4.69) is 6.92 Å². The molecule has 162 valence electrons. The van der Waals surface area contributed by atoms with Crippen LogP contribution < -0.4 is 11.2 Å². The number of benzene rings is 2. The average Bonchev–Trinajstić information content (AvgIpc) is 2.79. The van der Waals surface area contributed by atoms with E-state index in [0.29, 0.717) is 22.5 Å². The summed E-state index contributed by atoms with van der Waals surface area (Å²) in [5, 5.41) is 0.958. The van der Waals surface area contributed by atoms with Crippen LogP contribution >= 0.6 is 11.6 Å². The molecule has 0 aliphatic carbocycles. The Labute approximate surface area is 185 Å². The first-order valence-corrected chi connectivity index (χ1v) is 11.1. The molecule has 0 radical (unpaired) electrons. The van der Waals surface area contributed by atoms with Gasteiger partial charge in [0.25, 0.3) is 5.56 Å². The zero-order valence-corrected chi connectivity index (χ0v) is 18.3. The van der Waals surface area contributed by atoms with Gasteiger partial charge in [-0.1, -0.05) is 42.8 Å². The van der Waals surface area contributed by atoms with Crippen molar-refractivity contribution in [2.75, 3.05) is 6.54 Å². The maximum absolute atomic E-state index is 13.4. The second-order valence-corrected chi connectivity index (χ2v) is 8.49. The van der Waals surface area contributed by atoms with Crippen LogP contribution in [0.2, 0.25) is 5.02 Å². The molecule has 0 bridgehead atoms. The van der Waals surface area contributed by atoms with Crippen LogP contribution in [0.5, 0.6) is 0 Å². The predicted molar refractivity (Wildman–Crippen MR) is 123 cm³/mol. The fourth-order valence-electron chi connectivity index (χ4n) is 4.46. The lowest BCUT2D eigenvalue weighted by molar-refractivity contribution is -0.135. The van der Waals surface area contributed by atoms with Crippen molar-refractivity contribution in [1.29, 1.82) is 0 Å². The molecule has 31 heavy (non-hydrogen) atoms. The van der Waals surface area contributed by atoms with Crippen molar-refractivity contribution in [3.63, 3.8) is 0 Å². The Bertz CT molecular complexity index is 1230. The van der Waals surface area contributed by atoms with Gasteiger partial charge in [0.1, 0.15) is 6.54 Å². The van der Waals surface area contributed by atoms with E-state index in [-0.39, 0.29) is 30.6 Å². The van der Waals surface area contributed by atoms with Gasteiger partial charge in [0.05, 0.1) is 17.4 Å². The van der Waals surface area contributed by atoms with Crippen LogP contribution in [-0.2, 0) is 17.9 Å². The second-order valence-electron chi connectivity index (χ2n) is 8.05. The standard InChI is InChI=1S/C24H26ClN3O3/c1-2-19-10-5-6-13-26(19)22(29)16-27-21-12-4-3-11-20(21)23(30)28(24(27)31)15-17-8-7-9-18(25)14-17/h3-4,7-9,11-12,14,19H,2,5-6,10,13,15-16H2,1H3/t19-/m0/s1. The van der Waals surface area contributed by atoms with Crippen LogP contribution in [0.3, 0.4) is 0 Å². The number of hydrogen-bond donors (Lipinski definition) is 0. The quantitative estimate of drug-likeness (QED) is 0.609. The van der Waals surface area contributed by atoms with Gasteiger partial charge >= 0.3 is 5.69 Å². The lowest BCUT2D eigenvalue weighted by atomic mass is 10.00. The van der Waals surface area contributed by atoms with Gasteiger partial charge in [0.2, 0.25) is 5.91 Å². The van der Waals surface area contributed by atoms with Gasteiger partial charge in [-0.2, -0.15) is 0 Å². The fraction of sp³-hybridized carbons (Fsp3) is 0.375. The van der Waals surface area contributed by atoms with Gasteiger partial charge in [-0.05, 0) is 55.5 Å². The molecule has 4 rings (SSSR count). The number of carbonyl (C=O) groups is 1. The average molecular weight is 440 g/mol. The molecule has 1 fully saturated rings. The Morgan fingerprint density at radius 3 is 2.65 bits per heavy atom. The number of aromatic nitrogens is 2. The van der Waals surface area contributed by atoms with Gasteiger partial charge < -0.3 is 4.90 Å². The SMILES string of the molecule is CC[C@H]1CCCCN1C(=O)Cn1c(=O)n(Cc2cccc(Cl)c2)c(=O)c2ccccc21. The summed E-state index contributed by atoms with van der Waals surface area (Å²) in [6.07, 6.45) is 3.99. The van der Waals surface area contributed by atoms with E-state index in [1.165, 1.54) is 9.13 Å². The number of piperidine rings is 1. The third-order valence-corrected chi connectivity index (χ3v) is 6.31. The molecule has 2 aromatic carbocycles. The first kappa shape index (κ1) is 21.4. The second kappa shape index (κ2) is 9.10. The maximum atomic E-state index is 13.4. The molecule has 0 saturated carbocycles. The van der Waals surface area contributed by atoms with E-state index in [0.717, 1.165) is 31.2 Å². The van der Waals surface area contributed by atoms with Gasteiger partial charge in [0, 0.05) is 17.6 Å². The molecule has 0 unspecified atom stereocenters. The number of likely N-dealkylation sites (tertiary alicyclic amines) is 1. The van der Waals surface area contributed by atoms with Gasteiger partial charge in [-0.15, -0.1) is 0 Å². The van der Waals surface area contributed by atoms with E-state index in [1.807, 2.05) is 11.0 Å². The van der Waals surface area contributed by atoms with Crippen LogP contribution in [0.15, 0.2) is 58.1 Å². The number of halogens is 1. The molecule has 2 heterocycles. The summed E-state index contributed by atoms with van der Waals surface area (Å²) < 4.78 is 2.62. The minimum Gasteiger partial charge on any atom is -0.338 e. The van der Waals surface area contributed by atoms with Crippen LogP contribution in [0, 0.1) is 0 Å². The molecule has 0 spiro atoms. The topological polar surface area (TPSA) is 64.3 Å². The monoisotopic (exact) mass is 439 g/mol. The van der Waals surface area contributed by atoms with Crippen LogP contribution in [0.1, 0.15) is 38.2 Å². The molecule has 1 aromatic heterocycles. The van der Waals surface area contributed by atoms with Crippen LogP contribution in [0.25, 0.3) is 10.9 Å². The number of rotatable bonds is 5. The summed E-state index contributed by atoms with van der Waals surface area (Å²) in [5.41, 5.74) is 0.385. The van der Waals surface area contributed by atoms with Crippen LogP contribution in [-0.4, -0.2) is 32.5 Å². The minimum atomic E-state index is -0.484. The van der Waals surface area contributed by atoms with E-state index < -0.39 is 5.69 Å². The number of carbonyl (C=O) groups excluding carboxylic acids is 1. The zero-order valence-electron chi connectivity index (χ0n) is 17.6. The van der Waals surface area contributed by atoms with Crippen molar-refractivity contribution < 1.29 is 4.79 Å². The highest BCUT2D eigenvalue weighted by Crippen LogP contribution is 2.20. The predicted octanol–water partition coefficient (Wildman–Crippen LogP) is 3.66. The molecule has 1 aliphatic heterocycles. The van der Waals surface area contributed by atoms with Gasteiger partial charge in [-0.3, -0.25) is 18.7 Å². The number of fused-ring (bicyclic) bond motifs is 1. The Hall–Kier alpha value is -2.86. The lowest BCUT2D eigenvalue weighted by Crippen LogP contribution is -2.47. The summed E-state index contributed by atoms with van der Waals surface area (Å²) in [6.45, 7) is 2.82. The summed E-state index contributed by atoms with van der Waals surface area (Å²) in [4.78, 5) is 41.6. The highest BCUT2D eigenvalue weighted by Gasteiger charge is 2.26. The fourth-order valence-corrected chi connectivity index (χ4v) is 4.67. The Morgan fingerprint density at radius 1 is 1.06 bits per heavy atom. The maximum Gasteiger partial charge on any atom is 0.332 e. The van der Waals surface area contributed by atoms with E-state index in [1.54, 1.807) is 42.5 Å². The van der Waals surface area contributed by atoms with Crippen molar-refractivity contribution in [3.8, 4) is 0 Å². The molecule has 0 N–H and O–H groups in total. The molecule has 1 amide bonds. The third-order valence-electron chi connectivity index (χ3n) is 6.07. The first-order chi connectivity index (χ1) is 15.0. The number of amides is 1. The summed E-state index contributed by atoms with van der Waals surface area (Å²) in [7, 11) is 0. The molecule has 3 aromatic rings. The molecule has 1 atom stereocenters. The Kier molecular flexibility index (Phi) is 6.28. The number of hydrogen-bond acceptors (Lipinski definition) is 3. The molecular weight excluding hydrogens is 414 g/mol. The largest absolute Gasteiger partial charge is 0.338 e. The molecule has 6 nitrogen and oxygen atoms in total. The summed E-state index contributed by atoms with van der Waals surface area (Å²) in [5.74, 6) is -0.0771. The molecular formula is C24H26ClN3O3. The Balaban J connectivity index is 1.78. The number of nitrogens with zero attached hydrogens (tertiary/aromatic N) is 3. The number of para-hydroxylation sites is 1. The van der Waals surface area contributed by atoms with Crippen molar-refractivity contribution >= 4 is 28.4 Å². The van der Waals surface area contributed by atoms with Crippen molar-refractivity contribution in [2.24, 2.45) is 0 Å². The van der Waals surface area contributed by atoms with Gasteiger partial charge in [-0.25, -0.2) is 4.79 Å². The van der Waals surface area contributed by atoms with E-state index in [4.69, 9.17) is 11.6 Å². The highest BCUT2D eigenvalue weighted by molar-refractivity contribution is 6.30. The summed E-state index contributed by atoms with van der Waals surface area (Å²) >= 11 is 6.08. The highest BCUT2D eigenvalue weighted by atomic mass is 35.5. The van der Waals surface area contributed by atoms with Gasteiger partial charge in [0.15, 0.2) is 0 Å². The van der Waals surface area contributed by atoms with E-state index in [9.17, 15) is 14.4 Å². The first-order valence-electron chi connectivity index (χ1n) is 10.8. The smallest absolute Gasteiger partial charge is 0.332 e. The molecule has 1 aliphatic rings. The van der Waals surface area contributed by atoms with Crippen molar-refractivity contribution in [2.45, 2.75) is 51.7 Å². The summed E-state index contributed by atoms with van der Waals surface area (Å²) in [6, 6.07) is 14.3. The zero-order chi connectivity index (χ0) is 22.0. The third kappa shape index (κ3) is 4.30. The molecule has 7 heteroatoms. The van der Waals surface area contributed by atoms with Crippen LogP contribution in [0.4, 0.5) is 0 Å². The normalized spacial score (nSPS) is 16.6. The van der Waals surface area contributed by atoms with Crippen molar-refractivity contribution in [1.82, 2.24) is 14.0 Å². The Morgan fingerprint density at radius 2 is 1.87 bits per heavy atom. The minimum absolute atomic E-state index is 0.0771. The van der Waals surface area contributed by atoms with E-state index >= 15 is 0 Å². The lowest BCUT2D eigenvalue weighted by Gasteiger charge is -2.35. The molecule has 1 saturated heterocycles. The van der Waals surface area contributed by atoms with Crippen molar-refractivity contribution in [3.05, 3.63) is 80.0 Å².